The number of aryl methyl sites for hydroxylation is 2. The number of oxazole rings is 1. The molecular weight excluding hydrogens is 404 g/mol. The number of carbonyl (C=O) groups excluding carboxylic acids is 1. The fourth-order valence-corrected chi connectivity index (χ4v) is 4.10. The fraction of sp³-hybridized carbons (Fsp3) is 0.273. The zero-order chi connectivity index (χ0) is 21.1. The van der Waals surface area contributed by atoms with Crippen LogP contribution in [0.1, 0.15) is 22.6 Å². The molecule has 1 atom stereocenters. The van der Waals surface area contributed by atoms with E-state index in [9.17, 15) is 9.00 Å². The molecule has 1 N–H and O–H groups in total. The number of amides is 1. The van der Waals surface area contributed by atoms with Crippen LogP contribution in [0.15, 0.2) is 46.9 Å². The van der Waals surface area contributed by atoms with Gasteiger partial charge in [-0.15, -0.1) is 0 Å². The van der Waals surface area contributed by atoms with Crippen LogP contribution in [-0.4, -0.2) is 27.6 Å². The summed E-state index contributed by atoms with van der Waals surface area (Å²) < 4.78 is 28.8. The highest BCUT2D eigenvalue weighted by molar-refractivity contribution is 7.84. The number of nitrogens with zero attached hydrogens (tertiary/aromatic N) is 1. The third kappa shape index (κ3) is 4.71. The molecule has 0 radical (unpaired) electrons. The Bertz CT molecular complexity index is 1090. The van der Waals surface area contributed by atoms with E-state index in [0.717, 1.165) is 16.7 Å². The Balaban J connectivity index is 1.31. The molecule has 4 rings (SSSR count). The lowest BCUT2D eigenvalue weighted by Crippen LogP contribution is -2.28. The summed E-state index contributed by atoms with van der Waals surface area (Å²) in [7, 11) is -1.39. The van der Waals surface area contributed by atoms with Gasteiger partial charge in [0.2, 0.25) is 18.6 Å². The number of hydrogen-bond donors (Lipinski definition) is 1. The smallest absolute Gasteiger partial charge is 0.232 e. The molecule has 0 bridgehead atoms. The van der Waals surface area contributed by atoms with Crippen LogP contribution in [0, 0.1) is 13.8 Å². The number of benzene rings is 2. The highest BCUT2D eigenvalue weighted by Gasteiger charge is 2.17. The van der Waals surface area contributed by atoms with E-state index in [1.807, 2.05) is 43.3 Å². The lowest BCUT2D eigenvalue weighted by molar-refractivity contribution is -0.118. The van der Waals surface area contributed by atoms with Crippen LogP contribution in [0.25, 0.3) is 11.5 Å². The number of carbonyl (C=O) groups is 1. The number of aromatic nitrogens is 1. The van der Waals surface area contributed by atoms with Gasteiger partial charge in [-0.05, 0) is 43.7 Å². The van der Waals surface area contributed by atoms with Crippen molar-refractivity contribution in [1.82, 2.24) is 10.3 Å². The second-order valence-corrected chi connectivity index (χ2v) is 8.54. The molecule has 156 valence electrons. The van der Waals surface area contributed by atoms with Gasteiger partial charge in [0.25, 0.3) is 0 Å². The average Bonchev–Trinajstić information content (AvgIpc) is 3.33. The van der Waals surface area contributed by atoms with Crippen LogP contribution < -0.4 is 14.8 Å². The van der Waals surface area contributed by atoms with Gasteiger partial charge in [-0.3, -0.25) is 9.00 Å². The Labute approximate surface area is 176 Å². The minimum atomic E-state index is -1.39. The van der Waals surface area contributed by atoms with Crippen LogP contribution in [0.5, 0.6) is 11.5 Å². The molecule has 3 aromatic rings. The second-order valence-electron chi connectivity index (χ2n) is 7.08. The van der Waals surface area contributed by atoms with Crippen molar-refractivity contribution in [2.24, 2.45) is 0 Å². The number of nitrogens with one attached hydrogen (secondary N) is 1. The Hall–Kier alpha value is -3.13. The molecule has 2 heterocycles. The Morgan fingerprint density at radius 2 is 1.87 bits per heavy atom. The van der Waals surface area contributed by atoms with Gasteiger partial charge >= 0.3 is 0 Å². The van der Waals surface area contributed by atoms with Crippen LogP contribution in [0.4, 0.5) is 0 Å². The van der Waals surface area contributed by atoms with Crippen molar-refractivity contribution in [1.29, 1.82) is 0 Å². The van der Waals surface area contributed by atoms with Crippen LogP contribution in [0.3, 0.4) is 0 Å². The minimum absolute atomic E-state index is 0.100. The first kappa shape index (κ1) is 20.2. The van der Waals surface area contributed by atoms with E-state index in [2.05, 4.69) is 10.3 Å². The van der Waals surface area contributed by atoms with E-state index in [0.29, 0.717) is 35.4 Å². The summed E-state index contributed by atoms with van der Waals surface area (Å²) in [5.41, 5.74) is 3.50. The summed E-state index contributed by atoms with van der Waals surface area (Å²) in [6, 6.07) is 13.3. The quantitative estimate of drug-likeness (QED) is 0.624. The van der Waals surface area contributed by atoms with Gasteiger partial charge in [0, 0.05) is 22.9 Å². The van der Waals surface area contributed by atoms with Crippen molar-refractivity contribution >= 4 is 16.7 Å². The maximum atomic E-state index is 12.5. The predicted molar refractivity (Wildman–Crippen MR) is 113 cm³/mol. The standard InChI is InChI=1S/C22H22N2O5S/c1-14-3-6-17(7-4-14)22-24-18(15(2)29-22)11-30(26)12-21(25)23-10-16-5-8-19-20(9-16)28-13-27-19/h3-9H,10-13H2,1-2H3,(H,23,25)/t30-/m0/s1. The summed E-state index contributed by atoms with van der Waals surface area (Å²) in [5, 5.41) is 2.79. The number of fused-ring (bicyclic) bond motifs is 1. The van der Waals surface area contributed by atoms with Crippen molar-refractivity contribution < 1.29 is 22.9 Å². The molecule has 1 aliphatic rings. The van der Waals surface area contributed by atoms with E-state index >= 15 is 0 Å². The first-order chi connectivity index (χ1) is 14.5. The first-order valence-electron chi connectivity index (χ1n) is 9.51. The summed E-state index contributed by atoms with van der Waals surface area (Å²) in [4.78, 5) is 16.7. The van der Waals surface area contributed by atoms with E-state index < -0.39 is 10.8 Å². The molecule has 0 spiro atoms. The molecule has 7 nitrogen and oxygen atoms in total. The first-order valence-corrected chi connectivity index (χ1v) is 11.0. The Morgan fingerprint density at radius 1 is 1.10 bits per heavy atom. The molecule has 30 heavy (non-hydrogen) atoms. The maximum absolute atomic E-state index is 12.5. The number of ether oxygens (including phenoxy) is 2. The molecule has 0 saturated carbocycles. The third-order valence-electron chi connectivity index (χ3n) is 4.71. The molecule has 1 amide bonds. The van der Waals surface area contributed by atoms with Crippen molar-refractivity contribution in [3.05, 3.63) is 65.0 Å². The summed E-state index contributed by atoms with van der Waals surface area (Å²) >= 11 is 0. The highest BCUT2D eigenvalue weighted by Crippen LogP contribution is 2.32. The van der Waals surface area contributed by atoms with E-state index in [1.165, 1.54) is 0 Å². The number of rotatable bonds is 7. The SMILES string of the molecule is Cc1ccc(-c2nc(C[S@](=O)CC(=O)NCc3ccc4c(c3)OCO4)c(C)o2)cc1. The highest BCUT2D eigenvalue weighted by atomic mass is 32.2. The van der Waals surface area contributed by atoms with Crippen LogP contribution in [-0.2, 0) is 27.9 Å². The largest absolute Gasteiger partial charge is 0.454 e. The Kier molecular flexibility index (Phi) is 5.85. The molecular formula is C22H22N2O5S. The van der Waals surface area contributed by atoms with Gasteiger partial charge in [-0.25, -0.2) is 4.98 Å². The van der Waals surface area contributed by atoms with Crippen molar-refractivity contribution in [2.45, 2.75) is 26.1 Å². The molecule has 8 heteroatoms. The zero-order valence-electron chi connectivity index (χ0n) is 16.8. The predicted octanol–water partition coefficient (Wildman–Crippen LogP) is 3.25. The summed E-state index contributed by atoms with van der Waals surface area (Å²) in [5.74, 6) is 2.24. The minimum Gasteiger partial charge on any atom is -0.454 e. The van der Waals surface area contributed by atoms with Crippen molar-refractivity contribution in [3.63, 3.8) is 0 Å². The number of hydrogen-bond acceptors (Lipinski definition) is 6. The average molecular weight is 426 g/mol. The van der Waals surface area contributed by atoms with Gasteiger partial charge in [-0.1, -0.05) is 23.8 Å². The molecule has 0 unspecified atom stereocenters. The van der Waals surface area contributed by atoms with Gasteiger partial charge in [-0.2, -0.15) is 0 Å². The van der Waals surface area contributed by atoms with Gasteiger partial charge < -0.3 is 19.2 Å². The normalized spacial score (nSPS) is 13.3. The fourth-order valence-electron chi connectivity index (χ4n) is 3.03. The summed E-state index contributed by atoms with van der Waals surface area (Å²) in [6.07, 6.45) is 0. The molecule has 0 aliphatic carbocycles. The Morgan fingerprint density at radius 3 is 2.67 bits per heavy atom. The second kappa shape index (κ2) is 8.71. The van der Waals surface area contributed by atoms with Crippen LogP contribution in [0.2, 0.25) is 0 Å². The van der Waals surface area contributed by atoms with Crippen LogP contribution >= 0.6 is 0 Å². The molecule has 0 fully saturated rings. The molecule has 0 saturated heterocycles. The van der Waals surface area contributed by atoms with E-state index in [4.69, 9.17) is 13.9 Å². The zero-order valence-corrected chi connectivity index (χ0v) is 17.6. The topological polar surface area (TPSA) is 90.7 Å². The lowest BCUT2D eigenvalue weighted by Gasteiger charge is -2.06. The monoisotopic (exact) mass is 426 g/mol. The molecule has 1 aromatic heterocycles. The lowest BCUT2D eigenvalue weighted by atomic mass is 10.1. The summed E-state index contributed by atoms with van der Waals surface area (Å²) in [6.45, 7) is 4.33. The van der Waals surface area contributed by atoms with E-state index in [-0.39, 0.29) is 24.2 Å². The third-order valence-corrected chi connectivity index (χ3v) is 5.89. The van der Waals surface area contributed by atoms with Gasteiger partial charge in [0.1, 0.15) is 11.5 Å². The van der Waals surface area contributed by atoms with Crippen molar-refractivity contribution in [3.8, 4) is 23.0 Å². The molecule has 1 aliphatic heterocycles. The van der Waals surface area contributed by atoms with E-state index in [1.54, 1.807) is 13.0 Å². The van der Waals surface area contributed by atoms with Crippen molar-refractivity contribution in [2.75, 3.05) is 12.5 Å². The maximum Gasteiger partial charge on any atom is 0.232 e. The van der Waals surface area contributed by atoms with Gasteiger partial charge in [0.05, 0.1) is 11.4 Å². The molecule has 2 aromatic carbocycles. The van der Waals surface area contributed by atoms with Gasteiger partial charge in [0.15, 0.2) is 11.5 Å².